The minimum atomic E-state index is -0.664. The number of nitrogens with one attached hydrogen (secondary N) is 1. The molecule has 7 heteroatoms. The summed E-state index contributed by atoms with van der Waals surface area (Å²) >= 11 is 0. The van der Waals surface area contributed by atoms with Crippen LogP contribution in [0.2, 0.25) is 0 Å². The number of benzene rings is 1. The van der Waals surface area contributed by atoms with Crippen LogP contribution < -0.4 is 5.32 Å². The van der Waals surface area contributed by atoms with Gasteiger partial charge in [0.05, 0.1) is 25.8 Å². The lowest BCUT2D eigenvalue weighted by atomic mass is 10.2. The monoisotopic (exact) mass is 303 g/mol. The number of aryl methyl sites for hydroxylation is 2. The average molecular weight is 303 g/mol. The fourth-order valence-electron chi connectivity index (χ4n) is 2.00. The van der Waals surface area contributed by atoms with Gasteiger partial charge >= 0.3 is 11.9 Å². The van der Waals surface area contributed by atoms with Gasteiger partial charge in [0.15, 0.2) is 0 Å². The van der Waals surface area contributed by atoms with E-state index in [-0.39, 0.29) is 5.70 Å². The zero-order valence-corrected chi connectivity index (χ0v) is 12.8. The van der Waals surface area contributed by atoms with Gasteiger partial charge in [0.2, 0.25) is 0 Å². The Bertz CT molecular complexity index is 761. The first-order chi connectivity index (χ1) is 10.5. The molecule has 22 heavy (non-hydrogen) atoms. The quantitative estimate of drug-likeness (QED) is 0.681. The van der Waals surface area contributed by atoms with Gasteiger partial charge in [0.1, 0.15) is 5.70 Å². The standard InChI is InChI=1S/C15H17N3O4/c1-9-11-6-5-10(7-12(11)17-18(9)2)16-13(15(20)22-4)8-14(19)21-3/h5-8,16H,1-4H3/b13-8+. The maximum atomic E-state index is 11.7. The van der Waals surface area contributed by atoms with Crippen molar-refractivity contribution in [2.24, 2.45) is 7.05 Å². The Hall–Kier alpha value is -2.83. The SMILES string of the molecule is COC(=O)/C=C(/Nc1ccc2c(C)n(C)nc2c1)C(=O)OC. The molecule has 1 aromatic heterocycles. The van der Waals surface area contributed by atoms with E-state index >= 15 is 0 Å². The molecule has 0 radical (unpaired) electrons. The lowest BCUT2D eigenvalue weighted by molar-refractivity contribution is -0.138. The van der Waals surface area contributed by atoms with Crippen LogP contribution >= 0.6 is 0 Å². The fourth-order valence-corrected chi connectivity index (χ4v) is 2.00. The third kappa shape index (κ3) is 3.08. The zero-order valence-electron chi connectivity index (χ0n) is 12.8. The number of methoxy groups -OCH3 is 2. The molecule has 0 fully saturated rings. The van der Waals surface area contributed by atoms with Gasteiger partial charge in [-0.25, -0.2) is 9.59 Å². The highest BCUT2D eigenvalue weighted by atomic mass is 16.5. The summed E-state index contributed by atoms with van der Waals surface area (Å²) < 4.78 is 10.9. The minimum Gasteiger partial charge on any atom is -0.466 e. The van der Waals surface area contributed by atoms with Gasteiger partial charge in [-0.3, -0.25) is 4.68 Å². The van der Waals surface area contributed by atoms with E-state index in [0.29, 0.717) is 5.69 Å². The van der Waals surface area contributed by atoms with Crippen molar-refractivity contribution in [3.63, 3.8) is 0 Å². The number of carbonyl (C=O) groups excluding carboxylic acids is 2. The van der Waals surface area contributed by atoms with Gasteiger partial charge < -0.3 is 14.8 Å². The molecule has 2 rings (SSSR count). The Kier molecular flexibility index (Phi) is 4.45. The second-order valence-electron chi connectivity index (χ2n) is 4.64. The van der Waals surface area contributed by atoms with E-state index in [1.807, 2.05) is 20.0 Å². The normalized spacial score (nSPS) is 11.4. The van der Waals surface area contributed by atoms with E-state index in [2.05, 4.69) is 19.9 Å². The molecule has 0 saturated heterocycles. The van der Waals surface area contributed by atoms with E-state index in [1.54, 1.807) is 16.8 Å². The molecule has 0 spiro atoms. The summed E-state index contributed by atoms with van der Waals surface area (Å²) in [6, 6.07) is 5.48. The molecule has 0 aliphatic carbocycles. The van der Waals surface area contributed by atoms with Crippen LogP contribution in [0.1, 0.15) is 5.69 Å². The van der Waals surface area contributed by atoms with E-state index in [9.17, 15) is 9.59 Å². The third-order valence-corrected chi connectivity index (χ3v) is 3.28. The van der Waals surface area contributed by atoms with E-state index < -0.39 is 11.9 Å². The van der Waals surface area contributed by atoms with E-state index in [0.717, 1.165) is 22.7 Å². The topological polar surface area (TPSA) is 82.5 Å². The largest absolute Gasteiger partial charge is 0.466 e. The third-order valence-electron chi connectivity index (χ3n) is 3.28. The molecule has 0 amide bonds. The summed E-state index contributed by atoms with van der Waals surface area (Å²) in [5.74, 6) is -1.31. The van der Waals surface area contributed by atoms with Crippen molar-refractivity contribution in [1.82, 2.24) is 9.78 Å². The van der Waals surface area contributed by atoms with Crippen LogP contribution in [0, 0.1) is 6.92 Å². The molecule has 1 heterocycles. The Morgan fingerprint density at radius 2 is 2.00 bits per heavy atom. The summed E-state index contributed by atoms with van der Waals surface area (Å²) in [7, 11) is 4.33. The first-order valence-corrected chi connectivity index (χ1v) is 6.54. The number of esters is 2. The molecule has 0 bridgehead atoms. The molecule has 0 unspecified atom stereocenters. The van der Waals surface area contributed by atoms with Crippen LogP contribution in [-0.2, 0) is 26.1 Å². The second-order valence-corrected chi connectivity index (χ2v) is 4.64. The maximum Gasteiger partial charge on any atom is 0.354 e. The van der Waals surface area contributed by atoms with Crippen LogP contribution in [0.4, 0.5) is 5.69 Å². The predicted molar refractivity (Wildman–Crippen MR) is 81.2 cm³/mol. The zero-order chi connectivity index (χ0) is 16.3. The number of hydrogen-bond donors (Lipinski definition) is 1. The van der Waals surface area contributed by atoms with E-state index in [4.69, 9.17) is 0 Å². The molecular formula is C15H17N3O4. The number of anilines is 1. The summed E-state index contributed by atoms with van der Waals surface area (Å²) in [5, 5.41) is 8.24. The Balaban J connectivity index is 2.35. The van der Waals surface area contributed by atoms with Crippen LogP contribution in [0.3, 0.4) is 0 Å². The molecule has 7 nitrogen and oxygen atoms in total. The highest BCUT2D eigenvalue weighted by Crippen LogP contribution is 2.22. The van der Waals surface area contributed by atoms with Gasteiger partial charge in [-0.05, 0) is 25.1 Å². The molecule has 0 saturated carbocycles. The Labute approximate surface area is 127 Å². The smallest absolute Gasteiger partial charge is 0.354 e. The van der Waals surface area contributed by atoms with Gasteiger partial charge in [-0.2, -0.15) is 5.10 Å². The summed E-state index contributed by atoms with van der Waals surface area (Å²) in [4.78, 5) is 23.0. The highest BCUT2D eigenvalue weighted by molar-refractivity contribution is 5.99. The fraction of sp³-hybridized carbons (Fsp3) is 0.267. The Morgan fingerprint density at radius 1 is 1.27 bits per heavy atom. The number of hydrogen-bond acceptors (Lipinski definition) is 6. The molecule has 0 aliphatic heterocycles. The molecule has 0 atom stereocenters. The molecular weight excluding hydrogens is 286 g/mol. The van der Waals surface area contributed by atoms with Crippen LogP contribution in [0.25, 0.3) is 10.9 Å². The van der Waals surface area contributed by atoms with Crippen molar-refractivity contribution in [2.75, 3.05) is 19.5 Å². The van der Waals surface area contributed by atoms with Crippen LogP contribution in [0.15, 0.2) is 30.0 Å². The molecule has 116 valence electrons. The lowest BCUT2D eigenvalue weighted by Gasteiger charge is -2.08. The summed E-state index contributed by atoms with van der Waals surface area (Å²) in [6.45, 7) is 1.97. The minimum absolute atomic E-state index is 0.0126. The van der Waals surface area contributed by atoms with Crippen molar-refractivity contribution in [1.29, 1.82) is 0 Å². The number of nitrogens with zero attached hydrogens (tertiary/aromatic N) is 2. The van der Waals surface area contributed by atoms with Gasteiger partial charge in [-0.15, -0.1) is 0 Å². The Morgan fingerprint density at radius 3 is 2.64 bits per heavy atom. The highest BCUT2D eigenvalue weighted by Gasteiger charge is 2.13. The molecule has 2 aromatic rings. The van der Waals surface area contributed by atoms with Crippen LogP contribution in [-0.4, -0.2) is 35.9 Å². The van der Waals surface area contributed by atoms with Crippen molar-refractivity contribution in [2.45, 2.75) is 6.92 Å². The molecule has 0 aliphatic rings. The average Bonchev–Trinajstić information content (AvgIpc) is 2.80. The lowest BCUT2D eigenvalue weighted by Crippen LogP contribution is -2.15. The number of ether oxygens (including phenoxy) is 2. The number of rotatable bonds is 4. The summed E-state index contributed by atoms with van der Waals surface area (Å²) in [6.07, 6.45) is 1.04. The second kappa shape index (κ2) is 6.30. The number of fused-ring (bicyclic) bond motifs is 1. The molecule has 1 aromatic carbocycles. The van der Waals surface area contributed by atoms with Gasteiger partial charge in [0.25, 0.3) is 0 Å². The van der Waals surface area contributed by atoms with Crippen molar-refractivity contribution in [3.05, 3.63) is 35.7 Å². The van der Waals surface area contributed by atoms with Crippen molar-refractivity contribution < 1.29 is 19.1 Å². The van der Waals surface area contributed by atoms with Gasteiger partial charge in [-0.1, -0.05) is 0 Å². The van der Waals surface area contributed by atoms with Crippen molar-refractivity contribution in [3.8, 4) is 0 Å². The summed E-state index contributed by atoms with van der Waals surface area (Å²) in [5.41, 5.74) is 2.43. The predicted octanol–water partition coefficient (Wildman–Crippen LogP) is 1.52. The van der Waals surface area contributed by atoms with Gasteiger partial charge in [0, 0.05) is 23.8 Å². The molecule has 1 N–H and O–H groups in total. The first-order valence-electron chi connectivity index (χ1n) is 6.54. The van der Waals surface area contributed by atoms with E-state index in [1.165, 1.54) is 14.2 Å². The van der Waals surface area contributed by atoms with Crippen molar-refractivity contribution >= 4 is 28.5 Å². The number of carbonyl (C=O) groups is 2. The maximum absolute atomic E-state index is 11.7. The first kappa shape index (κ1) is 15.6. The van der Waals surface area contributed by atoms with Crippen LogP contribution in [0.5, 0.6) is 0 Å². The number of aromatic nitrogens is 2.